The average molecular weight is 261 g/mol. The van der Waals surface area contributed by atoms with E-state index in [0.717, 1.165) is 37.5 Å². The zero-order valence-electron chi connectivity index (χ0n) is 8.73. The van der Waals surface area contributed by atoms with Gasteiger partial charge in [0, 0.05) is 5.92 Å². The van der Waals surface area contributed by atoms with E-state index in [0.29, 0.717) is 4.47 Å². The Morgan fingerprint density at radius 3 is 2.69 bits per heavy atom. The summed E-state index contributed by atoms with van der Waals surface area (Å²) in [5.74, 6) is -0.145. The van der Waals surface area contributed by atoms with Crippen LogP contribution in [0.1, 0.15) is 17.8 Å². The first-order valence-electron chi connectivity index (χ1n) is 5.14. The fourth-order valence-corrected chi connectivity index (χ4v) is 2.77. The van der Waals surface area contributed by atoms with Gasteiger partial charge < -0.3 is 5.73 Å². The monoisotopic (exact) mass is 260 g/mol. The van der Waals surface area contributed by atoms with Crippen LogP contribution in [0.3, 0.4) is 0 Å². The molecular formula is C9H13ClN4OS. The van der Waals surface area contributed by atoms with Crippen molar-refractivity contribution in [1.82, 2.24) is 15.1 Å². The predicted molar refractivity (Wildman–Crippen MR) is 62.1 cm³/mol. The first kappa shape index (κ1) is 11.8. The summed E-state index contributed by atoms with van der Waals surface area (Å²) in [6, 6.07) is 0. The molecule has 0 aliphatic carbocycles. The third-order valence-corrected chi connectivity index (χ3v) is 3.79. The molecule has 1 aromatic heterocycles. The van der Waals surface area contributed by atoms with E-state index in [4.69, 9.17) is 17.3 Å². The molecule has 1 aliphatic heterocycles. The standard InChI is InChI=1S/C9H13ClN4OS/c10-9-13-12-7(16-9)5-14-3-1-6(2-4-14)8(11)15/h6H,1-5H2,(H2,11,15). The van der Waals surface area contributed by atoms with Gasteiger partial charge in [-0.25, -0.2) is 0 Å². The predicted octanol–water partition coefficient (Wildman–Crippen LogP) is 0.889. The molecule has 0 spiro atoms. The quantitative estimate of drug-likeness (QED) is 0.876. The van der Waals surface area contributed by atoms with Crippen LogP contribution in [0.4, 0.5) is 0 Å². The highest BCUT2D eigenvalue weighted by atomic mass is 35.5. The second-order valence-electron chi connectivity index (χ2n) is 3.90. The van der Waals surface area contributed by atoms with Gasteiger partial charge in [-0.2, -0.15) is 0 Å². The minimum atomic E-state index is -0.182. The topological polar surface area (TPSA) is 72.1 Å². The maximum Gasteiger partial charge on any atom is 0.220 e. The highest BCUT2D eigenvalue weighted by Crippen LogP contribution is 2.21. The van der Waals surface area contributed by atoms with E-state index in [-0.39, 0.29) is 11.8 Å². The van der Waals surface area contributed by atoms with Crippen molar-refractivity contribution >= 4 is 28.8 Å². The lowest BCUT2D eigenvalue weighted by Crippen LogP contribution is -2.38. The molecule has 88 valence electrons. The van der Waals surface area contributed by atoms with E-state index in [1.807, 2.05) is 0 Å². The average Bonchev–Trinajstić information content (AvgIpc) is 2.65. The maximum atomic E-state index is 11.0. The lowest BCUT2D eigenvalue weighted by molar-refractivity contribution is -0.123. The summed E-state index contributed by atoms with van der Waals surface area (Å²) in [7, 11) is 0. The molecule has 0 bridgehead atoms. The Hall–Kier alpha value is -0.720. The van der Waals surface area contributed by atoms with Crippen molar-refractivity contribution in [2.75, 3.05) is 13.1 Å². The second-order valence-corrected chi connectivity index (χ2v) is 5.55. The molecule has 1 saturated heterocycles. The molecule has 7 heteroatoms. The van der Waals surface area contributed by atoms with Gasteiger partial charge in [0.25, 0.3) is 0 Å². The number of carbonyl (C=O) groups is 1. The summed E-state index contributed by atoms with van der Waals surface area (Å²) in [6.07, 6.45) is 1.67. The van der Waals surface area contributed by atoms with Crippen LogP contribution in [0.2, 0.25) is 4.47 Å². The fourth-order valence-electron chi connectivity index (χ4n) is 1.86. The Bertz CT molecular complexity index is 375. The van der Waals surface area contributed by atoms with Crippen LogP contribution in [-0.4, -0.2) is 34.1 Å². The number of hydrogen-bond acceptors (Lipinski definition) is 5. The first-order chi connectivity index (χ1) is 7.65. The van der Waals surface area contributed by atoms with E-state index in [9.17, 15) is 4.79 Å². The molecule has 2 rings (SSSR count). The van der Waals surface area contributed by atoms with Crippen LogP contribution in [0.15, 0.2) is 0 Å². The zero-order chi connectivity index (χ0) is 11.5. The minimum absolute atomic E-state index is 0.0363. The number of piperidine rings is 1. The van der Waals surface area contributed by atoms with Gasteiger partial charge in [-0.1, -0.05) is 11.3 Å². The Morgan fingerprint density at radius 2 is 2.19 bits per heavy atom. The molecule has 1 fully saturated rings. The summed E-state index contributed by atoms with van der Waals surface area (Å²) < 4.78 is 0.474. The number of aromatic nitrogens is 2. The summed E-state index contributed by atoms with van der Waals surface area (Å²) in [5, 5.41) is 8.64. The summed E-state index contributed by atoms with van der Waals surface area (Å²) in [5.41, 5.74) is 5.27. The Kier molecular flexibility index (Phi) is 3.73. The number of amides is 1. The molecule has 0 atom stereocenters. The fraction of sp³-hybridized carbons (Fsp3) is 0.667. The Balaban J connectivity index is 1.83. The first-order valence-corrected chi connectivity index (χ1v) is 6.34. The molecule has 5 nitrogen and oxygen atoms in total. The van der Waals surface area contributed by atoms with E-state index >= 15 is 0 Å². The molecule has 0 radical (unpaired) electrons. The van der Waals surface area contributed by atoms with Crippen molar-refractivity contribution in [2.24, 2.45) is 11.7 Å². The molecule has 1 aromatic rings. The van der Waals surface area contributed by atoms with Crippen molar-refractivity contribution in [3.8, 4) is 0 Å². The number of likely N-dealkylation sites (tertiary alicyclic amines) is 1. The van der Waals surface area contributed by atoms with Crippen LogP contribution in [0.5, 0.6) is 0 Å². The van der Waals surface area contributed by atoms with Crippen molar-refractivity contribution in [2.45, 2.75) is 19.4 Å². The van der Waals surface area contributed by atoms with Crippen molar-refractivity contribution in [3.63, 3.8) is 0 Å². The van der Waals surface area contributed by atoms with Gasteiger partial charge in [0.05, 0.1) is 6.54 Å². The van der Waals surface area contributed by atoms with E-state index in [1.54, 1.807) is 0 Å². The molecule has 16 heavy (non-hydrogen) atoms. The molecule has 2 N–H and O–H groups in total. The lowest BCUT2D eigenvalue weighted by Gasteiger charge is -2.29. The minimum Gasteiger partial charge on any atom is -0.369 e. The van der Waals surface area contributed by atoms with E-state index in [2.05, 4.69) is 15.1 Å². The third kappa shape index (κ3) is 2.90. The van der Waals surface area contributed by atoms with Gasteiger partial charge in [0.1, 0.15) is 5.01 Å². The second kappa shape index (κ2) is 5.07. The molecular weight excluding hydrogens is 248 g/mol. The number of halogens is 1. The molecule has 0 saturated carbocycles. The Labute approximate surface area is 103 Å². The number of nitrogens with two attached hydrogens (primary N) is 1. The van der Waals surface area contributed by atoms with Gasteiger partial charge in [-0.05, 0) is 37.5 Å². The number of carbonyl (C=O) groups excluding carboxylic acids is 1. The van der Waals surface area contributed by atoms with Gasteiger partial charge >= 0.3 is 0 Å². The normalized spacial score (nSPS) is 18.8. The van der Waals surface area contributed by atoms with Crippen LogP contribution < -0.4 is 5.73 Å². The Morgan fingerprint density at radius 1 is 1.50 bits per heavy atom. The molecule has 1 aliphatic rings. The van der Waals surface area contributed by atoms with Crippen molar-refractivity contribution in [3.05, 3.63) is 9.47 Å². The summed E-state index contributed by atoms with van der Waals surface area (Å²) >= 11 is 7.11. The van der Waals surface area contributed by atoms with E-state index in [1.165, 1.54) is 11.3 Å². The van der Waals surface area contributed by atoms with Crippen LogP contribution in [0.25, 0.3) is 0 Å². The van der Waals surface area contributed by atoms with Crippen molar-refractivity contribution < 1.29 is 4.79 Å². The van der Waals surface area contributed by atoms with Crippen LogP contribution >= 0.6 is 22.9 Å². The SMILES string of the molecule is NC(=O)C1CCN(Cc2nnc(Cl)s2)CC1. The maximum absolute atomic E-state index is 11.0. The van der Waals surface area contributed by atoms with Gasteiger partial charge in [-0.15, -0.1) is 10.2 Å². The number of primary amides is 1. The number of rotatable bonds is 3. The highest BCUT2D eigenvalue weighted by Gasteiger charge is 2.23. The lowest BCUT2D eigenvalue weighted by atomic mass is 9.96. The number of hydrogen-bond donors (Lipinski definition) is 1. The zero-order valence-corrected chi connectivity index (χ0v) is 10.3. The van der Waals surface area contributed by atoms with Gasteiger partial charge in [0.2, 0.25) is 10.4 Å². The van der Waals surface area contributed by atoms with Gasteiger partial charge in [0.15, 0.2) is 0 Å². The third-order valence-electron chi connectivity index (χ3n) is 2.79. The molecule has 2 heterocycles. The van der Waals surface area contributed by atoms with Crippen molar-refractivity contribution in [1.29, 1.82) is 0 Å². The highest BCUT2D eigenvalue weighted by molar-refractivity contribution is 7.15. The summed E-state index contributed by atoms with van der Waals surface area (Å²) in [4.78, 5) is 13.2. The van der Waals surface area contributed by atoms with Crippen LogP contribution in [-0.2, 0) is 11.3 Å². The van der Waals surface area contributed by atoms with Gasteiger partial charge in [-0.3, -0.25) is 9.69 Å². The molecule has 1 amide bonds. The molecule has 0 aromatic carbocycles. The van der Waals surface area contributed by atoms with Crippen LogP contribution in [0, 0.1) is 5.92 Å². The summed E-state index contributed by atoms with van der Waals surface area (Å²) in [6.45, 7) is 2.52. The van der Waals surface area contributed by atoms with E-state index < -0.39 is 0 Å². The molecule has 0 unspecified atom stereocenters. The smallest absolute Gasteiger partial charge is 0.220 e. The largest absolute Gasteiger partial charge is 0.369 e. The number of nitrogens with zero attached hydrogens (tertiary/aromatic N) is 3.